The molecule has 0 aliphatic carbocycles. The Kier molecular flexibility index (Phi) is 3.57. The Morgan fingerprint density at radius 3 is 2.35 bits per heavy atom. The van der Waals surface area contributed by atoms with E-state index >= 15 is 0 Å². The number of aromatic hydroxyl groups is 1. The molecule has 0 unspecified atom stereocenters. The molecule has 0 radical (unpaired) electrons. The van der Waals surface area contributed by atoms with Crippen molar-refractivity contribution in [2.45, 2.75) is 13.8 Å². The molecule has 1 aromatic rings. The number of methoxy groups -OCH3 is 1. The van der Waals surface area contributed by atoms with Gasteiger partial charge in [0, 0.05) is 18.6 Å². The monoisotopic (exact) mass is 240 g/mol. The van der Waals surface area contributed by atoms with Crippen LogP contribution in [0.1, 0.15) is 22.8 Å². The quantitative estimate of drug-likeness (QED) is 0.611. The fourth-order valence-electron chi connectivity index (χ4n) is 1.44. The number of aromatic carboxylic acids is 1. The molecule has 6 nitrogen and oxygen atoms in total. The van der Waals surface area contributed by atoms with Crippen LogP contribution in [0.15, 0.2) is 6.07 Å². The van der Waals surface area contributed by atoms with E-state index in [9.17, 15) is 14.7 Å². The normalized spacial score (nSPS) is 9.82. The summed E-state index contributed by atoms with van der Waals surface area (Å²) in [6, 6.07) is 1.09. The van der Waals surface area contributed by atoms with E-state index < -0.39 is 17.7 Å². The Hall–Kier alpha value is -2.24. The fourth-order valence-corrected chi connectivity index (χ4v) is 1.44. The van der Waals surface area contributed by atoms with E-state index in [1.807, 2.05) is 0 Å². The molecule has 0 bridgehead atoms. The molecule has 1 rings (SSSR count). The highest BCUT2D eigenvalue weighted by Crippen LogP contribution is 2.38. The zero-order chi connectivity index (χ0) is 13.2. The van der Waals surface area contributed by atoms with E-state index in [2.05, 4.69) is 0 Å². The number of ether oxygens (including phenoxy) is 2. The number of carbonyl (C=O) groups is 2. The van der Waals surface area contributed by atoms with Gasteiger partial charge in [0.2, 0.25) is 0 Å². The molecule has 0 fully saturated rings. The first-order chi connectivity index (χ1) is 7.88. The molecule has 0 atom stereocenters. The maximum atomic E-state index is 10.9. The second-order valence-electron chi connectivity index (χ2n) is 3.33. The van der Waals surface area contributed by atoms with Gasteiger partial charge in [-0.05, 0) is 6.92 Å². The van der Waals surface area contributed by atoms with Gasteiger partial charge in [-0.15, -0.1) is 0 Å². The Bertz CT molecular complexity index is 477. The van der Waals surface area contributed by atoms with Crippen molar-refractivity contribution >= 4 is 11.9 Å². The van der Waals surface area contributed by atoms with Gasteiger partial charge in [-0.3, -0.25) is 4.79 Å². The van der Waals surface area contributed by atoms with E-state index in [0.29, 0.717) is 0 Å². The number of carboxylic acid groups (broad SMARTS) is 1. The summed E-state index contributed by atoms with van der Waals surface area (Å²) in [5.41, 5.74) is -0.188. The van der Waals surface area contributed by atoms with Crippen LogP contribution in [-0.2, 0) is 4.79 Å². The smallest absolute Gasteiger partial charge is 0.339 e. The van der Waals surface area contributed by atoms with Gasteiger partial charge in [-0.1, -0.05) is 0 Å². The minimum Gasteiger partial charge on any atom is -0.507 e. The van der Waals surface area contributed by atoms with Crippen molar-refractivity contribution in [2.75, 3.05) is 7.11 Å². The van der Waals surface area contributed by atoms with Gasteiger partial charge in [0.05, 0.1) is 7.11 Å². The standard InChI is InChI=1S/C11H12O6/c1-5-9(11(14)15)7(13)4-8(16-3)10(5)17-6(2)12/h4,13H,1-3H3,(H,14,15). The topological polar surface area (TPSA) is 93.1 Å². The van der Waals surface area contributed by atoms with Crippen LogP contribution in [0.3, 0.4) is 0 Å². The molecule has 0 aliphatic heterocycles. The van der Waals surface area contributed by atoms with Crippen LogP contribution in [0.5, 0.6) is 17.2 Å². The van der Waals surface area contributed by atoms with E-state index in [-0.39, 0.29) is 22.6 Å². The lowest BCUT2D eigenvalue weighted by atomic mass is 10.1. The molecule has 0 saturated carbocycles. The third kappa shape index (κ3) is 2.47. The minimum atomic E-state index is -1.31. The maximum Gasteiger partial charge on any atom is 0.339 e. The Morgan fingerprint density at radius 2 is 1.94 bits per heavy atom. The lowest BCUT2D eigenvalue weighted by Gasteiger charge is -2.13. The SMILES string of the molecule is COc1cc(O)c(C(=O)O)c(C)c1OC(C)=O. The Labute approximate surface area is 97.4 Å². The highest BCUT2D eigenvalue weighted by molar-refractivity contribution is 5.94. The molecule has 6 heteroatoms. The Balaban J connectivity index is 3.49. The van der Waals surface area contributed by atoms with Crippen molar-refractivity contribution in [1.82, 2.24) is 0 Å². The molecule has 0 spiro atoms. The third-order valence-electron chi connectivity index (χ3n) is 2.14. The summed E-state index contributed by atoms with van der Waals surface area (Å²) in [5, 5.41) is 18.5. The van der Waals surface area contributed by atoms with Gasteiger partial charge in [-0.2, -0.15) is 0 Å². The lowest BCUT2D eigenvalue weighted by Crippen LogP contribution is -2.08. The first-order valence-corrected chi connectivity index (χ1v) is 4.70. The summed E-state index contributed by atoms with van der Waals surface area (Å²) < 4.78 is 9.79. The first-order valence-electron chi connectivity index (χ1n) is 4.70. The third-order valence-corrected chi connectivity index (χ3v) is 2.14. The van der Waals surface area contributed by atoms with Gasteiger partial charge in [0.15, 0.2) is 11.5 Å². The second kappa shape index (κ2) is 4.73. The first kappa shape index (κ1) is 12.8. The second-order valence-corrected chi connectivity index (χ2v) is 3.33. The lowest BCUT2D eigenvalue weighted by molar-refractivity contribution is -0.132. The van der Waals surface area contributed by atoms with Gasteiger partial charge < -0.3 is 19.7 Å². The van der Waals surface area contributed by atoms with Crippen LogP contribution < -0.4 is 9.47 Å². The Morgan fingerprint density at radius 1 is 1.35 bits per heavy atom. The fraction of sp³-hybridized carbons (Fsp3) is 0.273. The van der Waals surface area contributed by atoms with Crippen molar-refractivity contribution in [2.24, 2.45) is 0 Å². The van der Waals surface area contributed by atoms with Crippen molar-refractivity contribution in [3.05, 3.63) is 17.2 Å². The average molecular weight is 240 g/mol. The van der Waals surface area contributed by atoms with Crippen LogP contribution in [0, 0.1) is 6.92 Å². The van der Waals surface area contributed by atoms with Crippen LogP contribution in [-0.4, -0.2) is 29.3 Å². The highest BCUT2D eigenvalue weighted by Gasteiger charge is 2.22. The van der Waals surface area contributed by atoms with Crippen molar-refractivity contribution in [3.63, 3.8) is 0 Å². The molecule has 92 valence electrons. The summed E-state index contributed by atoms with van der Waals surface area (Å²) >= 11 is 0. The van der Waals surface area contributed by atoms with E-state index in [0.717, 1.165) is 6.07 Å². The summed E-state index contributed by atoms with van der Waals surface area (Å²) in [7, 11) is 1.32. The van der Waals surface area contributed by atoms with Crippen molar-refractivity contribution in [1.29, 1.82) is 0 Å². The van der Waals surface area contributed by atoms with Crippen LogP contribution in [0.4, 0.5) is 0 Å². The number of benzene rings is 1. The average Bonchev–Trinajstić information content (AvgIpc) is 2.20. The van der Waals surface area contributed by atoms with Gasteiger partial charge in [-0.25, -0.2) is 4.79 Å². The number of esters is 1. The molecular formula is C11H12O6. The molecule has 0 heterocycles. The van der Waals surface area contributed by atoms with Crippen molar-refractivity contribution in [3.8, 4) is 17.2 Å². The predicted molar refractivity (Wildman–Crippen MR) is 57.7 cm³/mol. The largest absolute Gasteiger partial charge is 0.507 e. The molecule has 2 N–H and O–H groups in total. The number of hydrogen-bond acceptors (Lipinski definition) is 5. The molecule has 0 aliphatic rings. The van der Waals surface area contributed by atoms with Crippen LogP contribution >= 0.6 is 0 Å². The van der Waals surface area contributed by atoms with Crippen molar-refractivity contribution < 1.29 is 29.3 Å². The number of carboxylic acids is 1. The summed E-state index contributed by atoms with van der Waals surface area (Å²) in [4.78, 5) is 21.9. The van der Waals surface area contributed by atoms with Crippen LogP contribution in [0.25, 0.3) is 0 Å². The molecular weight excluding hydrogens is 228 g/mol. The summed E-state index contributed by atoms with van der Waals surface area (Å²) in [6.07, 6.45) is 0. The number of rotatable bonds is 3. The highest BCUT2D eigenvalue weighted by atomic mass is 16.6. The van der Waals surface area contributed by atoms with Crippen LogP contribution in [0.2, 0.25) is 0 Å². The molecule has 17 heavy (non-hydrogen) atoms. The molecule has 0 saturated heterocycles. The molecule has 0 amide bonds. The van der Waals surface area contributed by atoms with E-state index in [1.54, 1.807) is 0 Å². The molecule has 1 aromatic carbocycles. The summed E-state index contributed by atoms with van der Waals surface area (Å²) in [5.74, 6) is -2.26. The predicted octanol–water partition coefficient (Wildman–Crippen LogP) is 1.33. The van der Waals surface area contributed by atoms with Gasteiger partial charge in [0.1, 0.15) is 11.3 Å². The number of hydrogen-bond donors (Lipinski definition) is 2. The van der Waals surface area contributed by atoms with Gasteiger partial charge in [0.25, 0.3) is 0 Å². The zero-order valence-corrected chi connectivity index (χ0v) is 9.60. The maximum absolute atomic E-state index is 10.9. The summed E-state index contributed by atoms with van der Waals surface area (Å²) in [6.45, 7) is 2.61. The molecule has 0 aromatic heterocycles. The zero-order valence-electron chi connectivity index (χ0n) is 9.60. The number of phenols is 1. The minimum absolute atomic E-state index is 0.00444. The number of carbonyl (C=O) groups excluding carboxylic acids is 1. The van der Waals surface area contributed by atoms with E-state index in [4.69, 9.17) is 14.6 Å². The van der Waals surface area contributed by atoms with Gasteiger partial charge >= 0.3 is 11.9 Å². The van der Waals surface area contributed by atoms with E-state index in [1.165, 1.54) is 21.0 Å².